The van der Waals surface area contributed by atoms with Gasteiger partial charge in [-0.1, -0.05) is 34.8 Å². The summed E-state index contributed by atoms with van der Waals surface area (Å²) in [5.41, 5.74) is 2.81. The molecule has 0 aliphatic heterocycles. The molecule has 1 aromatic heterocycles. The summed E-state index contributed by atoms with van der Waals surface area (Å²) in [7, 11) is 0. The zero-order chi connectivity index (χ0) is 13.1. The van der Waals surface area contributed by atoms with Gasteiger partial charge in [0, 0.05) is 16.6 Å². The monoisotopic (exact) mass is 300 g/mol. The molecule has 2 rings (SSSR count). The lowest BCUT2D eigenvalue weighted by Gasteiger charge is -2.09. The standard InChI is InChI=1S/C13H11Cl3N2/c1-8-12(2-3-13(16)18-8)17-7-9-4-10(14)6-11(15)5-9/h2-6,17H,7H2,1H3. The van der Waals surface area contributed by atoms with E-state index in [2.05, 4.69) is 10.3 Å². The van der Waals surface area contributed by atoms with Crippen LogP contribution in [-0.4, -0.2) is 4.98 Å². The number of aromatic nitrogens is 1. The molecule has 0 aliphatic rings. The van der Waals surface area contributed by atoms with Crippen LogP contribution in [0.3, 0.4) is 0 Å². The van der Waals surface area contributed by atoms with Crippen molar-refractivity contribution in [3.63, 3.8) is 0 Å². The van der Waals surface area contributed by atoms with Gasteiger partial charge in [-0.05, 0) is 42.8 Å². The minimum absolute atomic E-state index is 0.490. The summed E-state index contributed by atoms with van der Waals surface area (Å²) in [5.74, 6) is 0. The molecule has 0 bridgehead atoms. The third-order valence-electron chi connectivity index (χ3n) is 2.46. The summed E-state index contributed by atoms with van der Waals surface area (Å²) < 4.78 is 0. The van der Waals surface area contributed by atoms with Crippen LogP contribution in [-0.2, 0) is 6.54 Å². The first-order valence-corrected chi connectivity index (χ1v) is 6.50. The number of nitrogens with one attached hydrogen (secondary N) is 1. The molecule has 0 saturated heterocycles. The SMILES string of the molecule is Cc1nc(Cl)ccc1NCc1cc(Cl)cc(Cl)c1. The Morgan fingerprint density at radius 3 is 2.33 bits per heavy atom. The van der Waals surface area contributed by atoms with E-state index in [1.807, 2.05) is 25.1 Å². The predicted octanol–water partition coefficient (Wildman–Crippen LogP) is 4.96. The van der Waals surface area contributed by atoms with E-state index >= 15 is 0 Å². The van der Waals surface area contributed by atoms with E-state index in [0.717, 1.165) is 16.9 Å². The number of pyridine rings is 1. The molecular formula is C13H11Cl3N2. The second kappa shape index (κ2) is 5.79. The van der Waals surface area contributed by atoms with Crippen LogP contribution in [0, 0.1) is 6.92 Å². The quantitative estimate of drug-likeness (QED) is 0.810. The molecule has 1 aromatic carbocycles. The fraction of sp³-hybridized carbons (Fsp3) is 0.154. The van der Waals surface area contributed by atoms with Crippen LogP contribution in [0.1, 0.15) is 11.3 Å². The van der Waals surface area contributed by atoms with Crippen molar-refractivity contribution in [1.29, 1.82) is 0 Å². The van der Waals surface area contributed by atoms with Crippen molar-refractivity contribution < 1.29 is 0 Å². The number of benzene rings is 1. The average Bonchev–Trinajstić information content (AvgIpc) is 2.26. The van der Waals surface area contributed by atoms with E-state index < -0.39 is 0 Å². The van der Waals surface area contributed by atoms with Crippen LogP contribution in [0.5, 0.6) is 0 Å². The number of hydrogen-bond acceptors (Lipinski definition) is 2. The molecular weight excluding hydrogens is 291 g/mol. The number of aryl methyl sites for hydroxylation is 1. The Hall–Kier alpha value is -0.960. The van der Waals surface area contributed by atoms with Gasteiger partial charge in [0.1, 0.15) is 5.15 Å². The first kappa shape index (κ1) is 13.5. The minimum Gasteiger partial charge on any atom is -0.379 e. The molecule has 18 heavy (non-hydrogen) atoms. The average molecular weight is 302 g/mol. The summed E-state index contributed by atoms with van der Waals surface area (Å²) in [6, 6.07) is 9.11. The zero-order valence-corrected chi connectivity index (χ0v) is 11.9. The van der Waals surface area contributed by atoms with E-state index in [9.17, 15) is 0 Å². The van der Waals surface area contributed by atoms with Gasteiger partial charge < -0.3 is 5.32 Å². The van der Waals surface area contributed by atoms with Crippen molar-refractivity contribution in [1.82, 2.24) is 4.98 Å². The minimum atomic E-state index is 0.490. The molecule has 0 saturated carbocycles. The zero-order valence-electron chi connectivity index (χ0n) is 9.67. The van der Waals surface area contributed by atoms with Gasteiger partial charge in [0.2, 0.25) is 0 Å². The van der Waals surface area contributed by atoms with Crippen molar-refractivity contribution in [3.8, 4) is 0 Å². The van der Waals surface area contributed by atoms with Crippen molar-refractivity contribution in [2.24, 2.45) is 0 Å². The van der Waals surface area contributed by atoms with E-state index in [0.29, 0.717) is 21.7 Å². The van der Waals surface area contributed by atoms with E-state index in [4.69, 9.17) is 34.8 Å². The normalized spacial score (nSPS) is 10.4. The first-order chi connectivity index (χ1) is 8.54. The molecule has 94 valence electrons. The van der Waals surface area contributed by atoms with Gasteiger partial charge in [-0.2, -0.15) is 0 Å². The topological polar surface area (TPSA) is 24.9 Å². The first-order valence-electron chi connectivity index (χ1n) is 5.36. The van der Waals surface area contributed by atoms with Gasteiger partial charge in [-0.3, -0.25) is 0 Å². The molecule has 1 N–H and O–H groups in total. The summed E-state index contributed by atoms with van der Waals surface area (Å²) in [6.45, 7) is 2.53. The molecule has 0 radical (unpaired) electrons. The Morgan fingerprint density at radius 1 is 1.06 bits per heavy atom. The summed E-state index contributed by atoms with van der Waals surface area (Å²) in [4.78, 5) is 4.17. The highest BCUT2D eigenvalue weighted by Gasteiger charge is 2.02. The Bertz CT molecular complexity index is 550. The maximum Gasteiger partial charge on any atom is 0.129 e. The Morgan fingerprint density at radius 2 is 1.72 bits per heavy atom. The molecule has 0 aliphatic carbocycles. The Balaban J connectivity index is 2.11. The van der Waals surface area contributed by atoms with Crippen LogP contribution in [0.25, 0.3) is 0 Å². The number of anilines is 1. The lowest BCUT2D eigenvalue weighted by atomic mass is 10.2. The second-order valence-electron chi connectivity index (χ2n) is 3.90. The third kappa shape index (κ3) is 3.52. The molecule has 0 unspecified atom stereocenters. The molecule has 0 spiro atoms. The number of nitrogens with zero attached hydrogens (tertiary/aromatic N) is 1. The molecule has 1 heterocycles. The maximum absolute atomic E-state index is 5.94. The van der Waals surface area contributed by atoms with Crippen molar-refractivity contribution in [2.75, 3.05) is 5.32 Å². The molecule has 5 heteroatoms. The fourth-order valence-corrected chi connectivity index (χ4v) is 2.39. The molecule has 0 atom stereocenters. The Kier molecular flexibility index (Phi) is 4.33. The van der Waals surface area contributed by atoms with Gasteiger partial charge in [0.05, 0.1) is 11.4 Å². The molecule has 2 aromatic rings. The third-order valence-corrected chi connectivity index (χ3v) is 3.10. The fourth-order valence-electron chi connectivity index (χ4n) is 1.63. The highest BCUT2D eigenvalue weighted by atomic mass is 35.5. The van der Waals surface area contributed by atoms with Crippen LogP contribution >= 0.6 is 34.8 Å². The summed E-state index contributed by atoms with van der Waals surface area (Å²) in [5, 5.41) is 5.02. The van der Waals surface area contributed by atoms with Gasteiger partial charge >= 0.3 is 0 Å². The Labute approximate surface area is 121 Å². The second-order valence-corrected chi connectivity index (χ2v) is 5.16. The lowest BCUT2D eigenvalue weighted by Crippen LogP contribution is -2.02. The largest absolute Gasteiger partial charge is 0.379 e. The van der Waals surface area contributed by atoms with Crippen LogP contribution in [0.4, 0.5) is 5.69 Å². The molecule has 0 fully saturated rings. The van der Waals surface area contributed by atoms with Crippen molar-refractivity contribution in [3.05, 3.63) is 56.8 Å². The van der Waals surface area contributed by atoms with Crippen molar-refractivity contribution >= 4 is 40.5 Å². The highest BCUT2D eigenvalue weighted by Crippen LogP contribution is 2.21. The van der Waals surface area contributed by atoms with Crippen LogP contribution < -0.4 is 5.32 Å². The summed E-state index contributed by atoms with van der Waals surface area (Å²) >= 11 is 17.7. The van der Waals surface area contributed by atoms with Gasteiger partial charge in [0.15, 0.2) is 0 Å². The van der Waals surface area contributed by atoms with Gasteiger partial charge in [-0.25, -0.2) is 4.98 Å². The number of rotatable bonds is 3. The summed E-state index contributed by atoms with van der Waals surface area (Å²) in [6.07, 6.45) is 0. The van der Waals surface area contributed by atoms with Crippen LogP contribution in [0.2, 0.25) is 15.2 Å². The van der Waals surface area contributed by atoms with E-state index in [1.165, 1.54) is 0 Å². The van der Waals surface area contributed by atoms with Gasteiger partial charge in [0.25, 0.3) is 0 Å². The van der Waals surface area contributed by atoms with Crippen LogP contribution in [0.15, 0.2) is 30.3 Å². The number of hydrogen-bond donors (Lipinski definition) is 1. The molecule has 0 amide bonds. The van der Waals surface area contributed by atoms with E-state index in [1.54, 1.807) is 12.1 Å². The lowest BCUT2D eigenvalue weighted by molar-refractivity contribution is 1.11. The number of halogens is 3. The molecule has 2 nitrogen and oxygen atoms in total. The predicted molar refractivity (Wildman–Crippen MR) is 77.8 cm³/mol. The van der Waals surface area contributed by atoms with E-state index in [-0.39, 0.29) is 0 Å². The maximum atomic E-state index is 5.94. The van der Waals surface area contributed by atoms with Crippen molar-refractivity contribution in [2.45, 2.75) is 13.5 Å². The highest BCUT2D eigenvalue weighted by molar-refractivity contribution is 6.34. The van der Waals surface area contributed by atoms with Gasteiger partial charge in [-0.15, -0.1) is 0 Å². The smallest absolute Gasteiger partial charge is 0.129 e.